The maximum Gasteiger partial charge on any atom is 0.0166 e. The average molecular weight is 220 g/mol. The van der Waals surface area contributed by atoms with Crippen LogP contribution in [0.2, 0.25) is 0 Å². The van der Waals surface area contributed by atoms with Crippen molar-refractivity contribution >= 4 is 0 Å². The van der Waals surface area contributed by atoms with Crippen LogP contribution in [0.3, 0.4) is 0 Å². The molecular formula is C14H24N2. The van der Waals surface area contributed by atoms with Crippen LogP contribution in [0.4, 0.5) is 0 Å². The van der Waals surface area contributed by atoms with E-state index in [9.17, 15) is 0 Å². The number of hydrogen-bond acceptors (Lipinski definition) is 2. The SMILES string of the molecule is Cc1ccc(CCNC(C)CN(C)C)cc1. The summed E-state index contributed by atoms with van der Waals surface area (Å²) in [6.07, 6.45) is 1.11. The summed E-state index contributed by atoms with van der Waals surface area (Å²) >= 11 is 0. The number of benzene rings is 1. The summed E-state index contributed by atoms with van der Waals surface area (Å²) in [4.78, 5) is 2.21. The van der Waals surface area contributed by atoms with E-state index in [1.54, 1.807) is 0 Å². The van der Waals surface area contributed by atoms with Gasteiger partial charge in [-0.2, -0.15) is 0 Å². The quantitative estimate of drug-likeness (QED) is 0.789. The Kier molecular flexibility index (Phi) is 5.50. The Morgan fingerprint density at radius 2 is 1.81 bits per heavy atom. The van der Waals surface area contributed by atoms with Gasteiger partial charge in [0.05, 0.1) is 0 Å². The molecule has 0 aliphatic heterocycles. The Balaban J connectivity index is 2.22. The summed E-state index contributed by atoms with van der Waals surface area (Å²) in [5.74, 6) is 0. The largest absolute Gasteiger partial charge is 0.313 e. The highest BCUT2D eigenvalue weighted by atomic mass is 15.1. The minimum Gasteiger partial charge on any atom is -0.313 e. The predicted molar refractivity (Wildman–Crippen MR) is 70.9 cm³/mol. The maximum atomic E-state index is 3.54. The van der Waals surface area contributed by atoms with Gasteiger partial charge in [-0.25, -0.2) is 0 Å². The number of hydrogen-bond donors (Lipinski definition) is 1. The van der Waals surface area contributed by atoms with Crippen LogP contribution < -0.4 is 5.32 Å². The van der Waals surface area contributed by atoms with Crippen LogP contribution in [0, 0.1) is 6.92 Å². The van der Waals surface area contributed by atoms with Crippen molar-refractivity contribution in [2.45, 2.75) is 26.3 Å². The first-order chi connectivity index (χ1) is 7.58. The van der Waals surface area contributed by atoms with E-state index >= 15 is 0 Å². The van der Waals surface area contributed by atoms with Gasteiger partial charge in [0.15, 0.2) is 0 Å². The van der Waals surface area contributed by atoms with Crippen LogP contribution in [0.25, 0.3) is 0 Å². The van der Waals surface area contributed by atoms with E-state index in [4.69, 9.17) is 0 Å². The monoisotopic (exact) mass is 220 g/mol. The summed E-state index contributed by atoms with van der Waals surface area (Å²) < 4.78 is 0. The van der Waals surface area contributed by atoms with Crippen LogP contribution in [0.1, 0.15) is 18.1 Å². The maximum absolute atomic E-state index is 3.54. The zero-order chi connectivity index (χ0) is 12.0. The molecule has 2 heteroatoms. The van der Waals surface area contributed by atoms with Crippen LogP contribution in [0.15, 0.2) is 24.3 Å². The highest BCUT2D eigenvalue weighted by Gasteiger charge is 2.01. The Hall–Kier alpha value is -0.860. The smallest absolute Gasteiger partial charge is 0.0166 e. The van der Waals surface area contributed by atoms with Gasteiger partial charge in [-0.15, -0.1) is 0 Å². The van der Waals surface area contributed by atoms with Gasteiger partial charge in [0.25, 0.3) is 0 Å². The number of aryl methyl sites for hydroxylation is 1. The fourth-order valence-corrected chi connectivity index (χ4v) is 1.83. The third kappa shape index (κ3) is 5.29. The van der Waals surface area contributed by atoms with Crippen molar-refractivity contribution in [2.24, 2.45) is 0 Å². The predicted octanol–water partition coefficient (Wildman–Crippen LogP) is 2.08. The molecule has 0 radical (unpaired) electrons. The second-order valence-corrected chi connectivity index (χ2v) is 4.85. The minimum atomic E-state index is 0.556. The molecule has 90 valence electrons. The Labute approximate surface area is 99.7 Å². The first-order valence-electron chi connectivity index (χ1n) is 6.01. The second kappa shape index (κ2) is 6.66. The average Bonchev–Trinajstić information content (AvgIpc) is 2.20. The van der Waals surface area contributed by atoms with E-state index in [-0.39, 0.29) is 0 Å². The lowest BCUT2D eigenvalue weighted by Crippen LogP contribution is -2.36. The Morgan fingerprint density at radius 3 is 2.38 bits per heavy atom. The second-order valence-electron chi connectivity index (χ2n) is 4.85. The fourth-order valence-electron chi connectivity index (χ4n) is 1.83. The zero-order valence-electron chi connectivity index (χ0n) is 11.0. The molecule has 0 bridgehead atoms. The highest BCUT2D eigenvalue weighted by Crippen LogP contribution is 2.03. The summed E-state index contributed by atoms with van der Waals surface area (Å²) in [6, 6.07) is 9.35. The molecule has 16 heavy (non-hydrogen) atoms. The molecule has 1 N–H and O–H groups in total. The molecule has 0 saturated carbocycles. The molecule has 0 aliphatic rings. The van der Waals surface area contributed by atoms with Crippen molar-refractivity contribution in [1.29, 1.82) is 0 Å². The van der Waals surface area contributed by atoms with Gasteiger partial charge >= 0.3 is 0 Å². The van der Waals surface area contributed by atoms with Crippen molar-refractivity contribution in [3.63, 3.8) is 0 Å². The number of likely N-dealkylation sites (N-methyl/N-ethyl adjacent to an activating group) is 1. The standard InChI is InChI=1S/C14H24N2/c1-12-5-7-14(8-6-12)9-10-15-13(2)11-16(3)4/h5-8,13,15H,9-11H2,1-4H3. The summed E-state index contributed by atoms with van der Waals surface area (Å²) in [7, 11) is 4.22. The topological polar surface area (TPSA) is 15.3 Å². The molecular weight excluding hydrogens is 196 g/mol. The molecule has 0 spiro atoms. The van der Waals surface area contributed by atoms with Gasteiger partial charge in [-0.1, -0.05) is 29.8 Å². The van der Waals surface area contributed by atoms with E-state index in [0.29, 0.717) is 6.04 Å². The Morgan fingerprint density at radius 1 is 1.19 bits per heavy atom. The molecule has 2 nitrogen and oxygen atoms in total. The molecule has 1 aromatic carbocycles. The van der Waals surface area contributed by atoms with Crippen LogP contribution >= 0.6 is 0 Å². The van der Waals surface area contributed by atoms with E-state index < -0.39 is 0 Å². The lowest BCUT2D eigenvalue weighted by molar-refractivity contribution is 0.351. The molecule has 0 fully saturated rings. The normalized spacial score (nSPS) is 13.1. The van der Waals surface area contributed by atoms with Crippen LogP contribution in [0.5, 0.6) is 0 Å². The van der Waals surface area contributed by atoms with Crippen molar-refractivity contribution in [3.8, 4) is 0 Å². The highest BCUT2D eigenvalue weighted by molar-refractivity contribution is 5.21. The van der Waals surface area contributed by atoms with Gasteiger partial charge in [-0.3, -0.25) is 0 Å². The molecule has 1 unspecified atom stereocenters. The first-order valence-corrected chi connectivity index (χ1v) is 6.01. The van der Waals surface area contributed by atoms with Gasteiger partial charge in [0.2, 0.25) is 0 Å². The summed E-state index contributed by atoms with van der Waals surface area (Å²) in [6.45, 7) is 6.50. The molecule has 0 saturated heterocycles. The Bertz CT molecular complexity index is 290. The van der Waals surface area contributed by atoms with Crippen molar-refractivity contribution in [1.82, 2.24) is 10.2 Å². The van der Waals surface area contributed by atoms with Gasteiger partial charge in [-0.05, 0) is 46.5 Å². The van der Waals surface area contributed by atoms with Crippen LogP contribution in [-0.2, 0) is 6.42 Å². The molecule has 1 rings (SSSR count). The zero-order valence-corrected chi connectivity index (χ0v) is 11.0. The van der Waals surface area contributed by atoms with Crippen LogP contribution in [-0.4, -0.2) is 38.1 Å². The summed E-state index contributed by atoms with van der Waals surface area (Å²) in [5, 5.41) is 3.54. The van der Waals surface area contributed by atoms with Gasteiger partial charge < -0.3 is 10.2 Å². The first kappa shape index (κ1) is 13.2. The number of rotatable bonds is 6. The van der Waals surface area contributed by atoms with E-state index in [1.165, 1.54) is 11.1 Å². The van der Waals surface area contributed by atoms with E-state index in [1.807, 2.05) is 0 Å². The number of nitrogens with zero attached hydrogens (tertiary/aromatic N) is 1. The van der Waals surface area contributed by atoms with E-state index in [2.05, 4.69) is 62.4 Å². The molecule has 0 aliphatic carbocycles. The third-order valence-electron chi connectivity index (χ3n) is 2.67. The third-order valence-corrected chi connectivity index (χ3v) is 2.67. The summed E-state index contributed by atoms with van der Waals surface area (Å²) in [5.41, 5.74) is 2.74. The van der Waals surface area contributed by atoms with Crippen molar-refractivity contribution in [3.05, 3.63) is 35.4 Å². The molecule has 0 heterocycles. The fraction of sp³-hybridized carbons (Fsp3) is 0.571. The van der Waals surface area contributed by atoms with Crippen molar-refractivity contribution in [2.75, 3.05) is 27.2 Å². The molecule has 0 amide bonds. The van der Waals surface area contributed by atoms with E-state index in [0.717, 1.165) is 19.5 Å². The number of nitrogens with one attached hydrogen (secondary N) is 1. The van der Waals surface area contributed by atoms with Gasteiger partial charge in [0, 0.05) is 12.6 Å². The molecule has 1 atom stereocenters. The lowest BCUT2D eigenvalue weighted by atomic mass is 10.1. The van der Waals surface area contributed by atoms with Gasteiger partial charge in [0.1, 0.15) is 0 Å². The minimum absolute atomic E-state index is 0.556. The lowest BCUT2D eigenvalue weighted by Gasteiger charge is -2.18. The van der Waals surface area contributed by atoms with Crippen molar-refractivity contribution < 1.29 is 0 Å². The molecule has 1 aromatic rings. The molecule has 0 aromatic heterocycles.